The molecule has 0 heterocycles. The first-order valence-corrected chi connectivity index (χ1v) is 5.29. The third kappa shape index (κ3) is 5.16. The summed E-state index contributed by atoms with van der Waals surface area (Å²) in [7, 11) is 0. The van der Waals surface area contributed by atoms with Gasteiger partial charge in [0.15, 0.2) is 0 Å². The van der Waals surface area contributed by atoms with Gasteiger partial charge in [-0.05, 0) is 12.8 Å². The molecule has 0 aromatic carbocycles. The summed E-state index contributed by atoms with van der Waals surface area (Å²) in [6.45, 7) is -1.23. The van der Waals surface area contributed by atoms with Crippen LogP contribution in [0.3, 0.4) is 0 Å². The molecule has 0 aromatic rings. The van der Waals surface area contributed by atoms with E-state index in [9.17, 15) is 18.0 Å². The molecule has 0 atom stereocenters. The largest absolute Gasteiger partial charge is 0.401 e. The highest BCUT2D eigenvalue weighted by Crippen LogP contribution is 2.24. The quantitative estimate of drug-likeness (QED) is 0.792. The topological polar surface area (TPSA) is 29.1 Å². The van der Waals surface area contributed by atoms with Crippen molar-refractivity contribution in [2.24, 2.45) is 5.92 Å². The van der Waals surface area contributed by atoms with Gasteiger partial charge < -0.3 is 5.32 Å². The van der Waals surface area contributed by atoms with Crippen LogP contribution in [0.25, 0.3) is 0 Å². The predicted octanol–water partition coefficient (Wildman–Crippen LogP) is 2.29. The number of hydrogen-bond acceptors (Lipinski definition) is 2. The minimum Gasteiger partial charge on any atom is -0.302 e. The highest BCUT2D eigenvalue weighted by Gasteiger charge is 2.27. The molecule has 0 amide bonds. The van der Waals surface area contributed by atoms with E-state index in [0.29, 0.717) is 0 Å². The van der Waals surface area contributed by atoms with Gasteiger partial charge in [-0.15, -0.1) is 0 Å². The van der Waals surface area contributed by atoms with Crippen molar-refractivity contribution < 1.29 is 18.0 Å². The minimum atomic E-state index is -4.23. The Morgan fingerprint density at radius 2 is 1.80 bits per heavy atom. The molecule has 0 bridgehead atoms. The normalized spacial score (nSPS) is 19.1. The number of nitrogens with one attached hydrogen (secondary N) is 1. The summed E-state index contributed by atoms with van der Waals surface area (Å²) < 4.78 is 35.3. The van der Waals surface area contributed by atoms with Gasteiger partial charge in [-0.25, -0.2) is 0 Å². The zero-order valence-corrected chi connectivity index (χ0v) is 8.57. The van der Waals surface area contributed by atoms with Crippen LogP contribution in [0.1, 0.15) is 32.1 Å². The Morgan fingerprint density at radius 1 is 1.20 bits per heavy atom. The number of halogens is 3. The summed E-state index contributed by atoms with van der Waals surface area (Å²) in [6.07, 6.45) is 0.636. The molecule has 0 radical (unpaired) electrons. The van der Waals surface area contributed by atoms with E-state index in [4.69, 9.17) is 0 Å². The summed E-state index contributed by atoms with van der Waals surface area (Å²) in [5.74, 6) is -0.0848. The van der Waals surface area contributed by atoms with E-state index in [1.54, 1.807) is 0 Å². The van der Waals surface area contributed by atoms with Crippen LogP contribution in [0.5, 0.6) is 0 Å². The van der Waals surface area contributed by atoms with Crippen molar-refractivity contribution in [3.05, 3.63) is 0 Å². The molecule has 1 N–H and O–H groups in total. The average molecular weight is 223 g/mol. The summed E-state index contributed by atoms with van der Waals surface area (Å²) in [6, 6.07) is 0. The number of alkyl halides is 3. The first-order valence-electron chi connectivity index (χ1n) is 5.29. The Labute approximate surface area is 87.2 Å². The Hall–Kier alpha value is -0.580. The number of hydrogen-bond donors (Lipinski definition) is 1. The minimum absolute atomic E-state index is 0.0144. The van der Waals surface area contributed by atoms with Gasteiger partial charge in [0.05, 0.1) is 13.1 Å². The second-order valence-electron chi connectivity index (χ2n) is 4.02. The maximum Gasteiger partial charge on any atom is 0.401 e. The Balaban J connectivity index is 2.17. The first-order chi connectivity index (χ1) is 6.99. The molecule has 88 valence electrons. The van der Waals surface area contributed by atoms with Crippen LogP contribution in [0, 0.1) is 5.92 Å². The lowest BCUT2D eigenvalue weighted by Gasteiger charge is -2.20. The average Bonchev–Trinajstić information content (AvgIpc) is 2.17. The number of carbonyl (C=O) groups excluding carboxylic acids is 1. The molecule has 1 saturated carbocycles. The van der Waals surface area contributed by atoms with Gasteiger partial charge in [-0.3, -0.25) is 4.79 Å². The van der Waals surface area contributed by atoms with Gasteiger partial charge in [0.1, 0.15) is 5.78 Å². The van der Waals surface area contributed by atoms with Crippen molar-refractivity contribution in [3.8, 4) is 0 Å². The first kappa shape index (κ1) is 12.5. The van der Waals surface area contributed by atoms with Crippen LogP contribution < -0.4 is 5.32 Å². The van der Waals surface area contributed by atoms with Crippen LogP contribution in [-0.2, 0) is 4.79 Å². The maximum atomic E-state index is 11.8. The smallest absolute Gasteiger partial charge is 0.302 e. The molecule has 5 heteroatoms. The summed E-state index contributed by atoms with van der Waals surface area (Å²) >= 11 is 0. The standard InChI is InChI=1S/C10H16F3NO/c11-10(12,13)7-14-6-9(15)8-4-2-1-3-5-8/h8,14H,1-7H2. The number of carbonyl (C=O) groups is 1. The number of rotatable bonds is 4. The lowest BCUT2D eigenvalue weighted by Crippen LogP contribution is -2.35. The van der Waals surface area contributed by atoms with Gasteiger partial charge >= 0.3 is 6.18 Å². The van der Waals surface area contributed by atoms with Crippen molar-refractivity contribution in [1.29, 1.82) is 0 Å². The monoisotopic (exact) mass is 223 g/mol. The van der Waals surface area contributed by atoms with Gasteiger partial charge in [-0.2, -0.15) is 13.2 Å². The van der Waals surface area contributed by atoms with Crippen molar-refractivity contribution in [2.75, 3.05) is 13.1 Å². The third-order valence-electron chi connectivity index (χ3n) is 2.69. The fourth-order valence-corrected chi connectivity index (χ4v) is 1.90. The fraction of sp³-hybridized carbons (Fsp3) is 0.900. The van der Waals surface area contributed by atoms with Crippen LogP contribution in [-0.4, -0.2) is 25.0 Å². The summed E-state index contributed by atoms with van der Waals surface area (Å²) in [5.41, 5.74) is 0. The summed E-state index contributed by atoms with van der Waals surface area (Å²) in [4.78, 5) is 11.5. The zero-order chi connectivity index (χ0) is 11.3. The van der Waals surface area contributed by atoms with Gasteiger partial charge in [0, 0.05) is 5.92 Å². The molecule has 1 rings (SSSR count). The molecule has 0 aliphatic heterocycles. The van der Waals surface area contributed by atoms with Crippen LogP contribution in [0.15, 0.2) is 0 Å². The summed E-state index contributed by atoms with van der Waals surface area (Å²) in [5, 5.41) is 2.15. The number of Topliss-reactive ketones (excluding diaryl/α,β-unsaturated/α-hetero) is 1. The van der Waals surface area contributed by atoms with Crippen molar-refractivity contribution in [2.45, 2.75) is 38.3 Å². The van der Waals surface area contributed by atoms with E-state index in [-0.39, 0.29) is 18.2 Å². The van der Waals surface area contributed by atoms with Crippen LogP contribution >= 0.6 is 0 Å². The van der Waals surface area contributed by atoms with Gasteiger partial charge in [-0.1, -0.05) is 19.3 Å². The third-order valence-corrected chi connectivity index (χ3v) is 2.69. The zero-order valence-electron chi connectivity index (χ0n) is 8.57. The molecule has 1 aliphatic carbocycles. The maximum absolute atomic E-state index is 11.8. The van der Waals surface area contributed by atoms with Crippen molar-refractivity contribution >= 4 is 5.78 Å². The second kappa shape index (κ2) is 5.49. The van der Waals surface area contributed by atoms with Crippen LogP contribution in [0.2, 0.25) is 0 Å². The van der Waals surface area contributed by atoms with Gasteiger partial charge in [0.25, 0.3) is 0 Å². The molecule has 1 aliphatic rings. The molecule has 0 saturated heterocycles. The number of ketones is 1. The lowest BCUT2D eigenvalue weighted by atomic mass is 9.86. The van der Waals surface area contributed by atoms with Crippen molar-refractivity contribution in [3.63, 3.8) is 0 Å². The Bertz CT molecular complexity index is 209. The molecule has 0 spiro atoms. The second-order valence-corrected chi connectivity index (χ2v) is 4.02. The van der Waals surface area contributed by atoms with Crippen LogP contribution in [0.4, 0.5) is 13.2 Å². The Morgan fingerprint density at radius 3 is 2.33 bits per heavy atom. The SMILES string of the molecule is O=C(CNCC(F)(F)F)C1CCCCC1. The van der Waals surface area contributed by atoms with E-state index in [1.165, 1.54) is 0 Å². The molecule has 0 unspecified atom stereocenters. The highest BCUT2D eigenvalue weighted by atomic mass is 19.4. The lowest BCUT2D eigenvalue weighted by molar-refractivity contribution is -0.129. The predicted molar refractivity (Wildman–Crippen MR) is 50.5 cm³/mol. The van der Waals surface area contributed by atoms with E-state index in [0.717, 1.165) is 32.1 Å². The van der Waals surface area contributed by atoms with Crippen molar-refractivity contribution in [1.82, 2.24) is 5.32 Å². The molecule has 0 aromatic heterocycles. The van der Waals surface area contributed by atoms with Gasteiger partial charge in [0.2, 0.25) is 0 Å². The molecular formula is C10H16F3NO. The Kier molecular flexibility index (Phi) is 4.57. The molecule has 1 fully saturated rings. The van der Waals surface area contributed by atoms with E-state index in [1.807, 2.05) is 0 Å². The van der Waals surface area contributed by atoms with E-state index < -0.39 is 12.7 Å². The van der Waals surface area contributed by atoms with E-state index in [2.05, 4.69) is 5.32 Å². The molecule has 2 nitrogen and oxygen atoms in total. The molecular weight excluding hydrogens is 207 g/mol. The fourth-order valence-electron chi connectivity index (χ4n) is 1.90. The van der Waals surface area contributed by atoms with E-state index >= 15 is 0 Å². The molecule has 15 heavy (non-hydrogen) atoms. The highest BCUT2D eigenvalue weighted by molar-refractivity contribution is 5.83.